The number of fused-ring (bicyclic) bond motifs is 1. The second-order valence-corrected chi connectivity index (χ2v) is 6.62. The Morgan fingerprint density at radius 1 is 0.905 bits per heavy atom. The maximum atomic E-state index is 10.6. The lowest BCUT2D eigenvalue weighted by molar-refractivity contribution is 0.220. The van der Waals surface area contributed by atoms with Gasteiger partial charge in [0.1, 0.15) is 6.10 Å². The van der Waals surface area contributed by atoms with Crippen molar-refractivity contribution in [3.8, 4) is 0 Å². The molecule has 1 atom stereocenters. The van der Waals surface area contributed by atoms with E-state index >= 15 is 0 Å². The van der Waals surface area contributed by atoms with E-state index in [0.717, 1.165) is 24.0 Å². The molecule has 0 saturated heterocycles. The molecule has 1 N–H and O–H groups in total. The number of hydrogen-bond donors (Lipinski definition) is 1. The second-order valence-electron chi connectivity index (χ2n) is 6.62. The van der Waals surface area contributed by atoms with Crippen LogP contribution in [-0.2, 0) is 19.3 Å². The number of hydrogen-bond acceptors (Lipinski definition) is 1. The van der Waals surface area contributed by atoms with Crippen molar-refractivity contribution in [2.24, 2.45) is 5.92 Å². The van der Waals surface area contributed by atoms with Crippen molar-refractivity contribution in [1.82, 2.24) is 0 Å². The van der Waals surface area contributed by atoms with Gasteiger partial charge >= 0.3 is 0 Å². The topological polar surface area (TPSA) is 20.2 Å². The average Bonchev–Trinajstić information content (AvgIpc) is 2.94. The molecule has 1 aliphatic rings. The average molecular weight is 280 g/mol. The van der Waals surface area contributed by atoms with Crippen molar-refractivity contribution in [3.63, 3.8) is 0 Å². The van der Waals surface area contributed by atoms with E-state index in [2.05, 4.69) is 56.3 Å². The van der Waals surface area contributed by atoms with Gasteiger partial charge in [-0.15, -0.1) is 0 Å². The third-order valence-corrected chi connectivity index (χ3v) is 4.38. The van der Waals surface area contributed by atoms with E-state index in [1.165, 1.54) is 29.5 Å². The zero-order chi connectivity index (χ0) is 14.8. The van der Waals surface area contributed by atoms with Crippen LogP contribution in [0.2, 0.25) is 0 Å². The lowest BCUT2D eigenvalue weighted by Crippen LogP contribution is -2.01. The lowest BCUT2D eigenvalue weighted by Gasteiger charge is -2.14. The summed E-state index contributed by atoms with van der Waals surface area (Å²) in [5.41, 5.74) is 6.23. The standard InChI is InChI=1S/C20H24O/c1-14(2)12-15-6-8-17(9-7-15)20(21)19-11-10-16-4-3-5-18(16)13-19/h6-11,13-14,20-21H,3-5,12H2,1-2H3. The first-order valence-corrected chi connectivity index (χ1v) is 8.02. The number of aliphatic hydroxyl groups excluding tert-OH is 1. The van der Waals surface area contributed by atoms with Crippen molar-refractivity contribution >= 4 is 0 Å². The van der Waals surface area contributed by atoms with Crippen LogP contribution in [0.1, 0.15) is 54.2 Å². The molecule has 1 unspecified atom stereocenters. The highest BCUT2D eigenvalue weighted by Crippen LogP contribution is 2.28. The van der Waals surface area contributed by atoms with Crippen LogP contribution < -0.4 is 0 Å². The van der Waals surface area contributed by atoms with E-state index in [4.69, 9.17) is 0 Å². The van der Waals surface area contributed by atoms with E-state index in [1.807, 2.05) is 0 Å². The third kappa shape index (κ3) is 3.19. The highest BCUT2D eigenvalue weighted by Gasteiger charge is 2.15. The van der Waals surface area contributed by atoms with Crippen molar-refractivity contribution in [2.75, 3.05) is 0 Å². The van der Waals surface area contributed by atoms with Gasteiger partial charge in [0.25, 0.3) is 0 Å². The minimum absolute atomic E-state index is 0.510. The number of rotatable bonds is 4. The van der Waals surface area contributed by atoms with E-state index in [-0.39, 0.29) is 0 Å². The molecule has 2 aromatic carbocycles. The molecule has 0 saturated carbocycles. The fraction of sp³-hybridized carbons (Fsp3) is 0.400. The molecule has 0 heterocycles. The Kier molecular flexibility index (Phi) is 4.12. The molecule has 0 spiro atoms. The van der Waals surface area contributed by atoms with Gasteiger partial charge in [-0.05, 0) is 59.4 Å². The van der Waals surface area contributed by atoms with Gasteiger partial charge in [0.05, 0.1) is 0 Å². The Hall–Kier alpha value is -1.60. The Bertz CT molecular complexity index is 610. The van der Waals surface area contributed by atoms with Crippen LogP contribution in [0.3, 0.4) is 0 Å². The second kappa shape index (κ2) is 6.03. The van der Waals surface area contributed by atoms with Crippen molar-refractivity contribution in [2.45, 2.75) is 45.6 Å². The van der Waals surface area contributed by atoms with Gasteiger partial charge in [0, 0.05) is 0 Å². The van der Waals surface area contributed by atoms with Crippen LogP contribution >= 0.6 is 0 Å². The SMILES string of the molecule is CC(C)Cc1ccc(C(O)c2ccc3c(c2)CCC3)cc1. The number of aliphatic hydroxyl groups is 1. The molecular weight excluding hydrogens is 256 g/mol. The van der Waals surface area contributed by atoms with E-state index in [0.29, 0.717) is 5.92 Å². The van der Waals surface area contributed by atoms with Crippen LogP contribution in [0, 0.1) is 5.92 Å². The molecule has 3 rings (SSSR count). The number of benzene rings is 2. The minimum atomic E-state index is -0.510. The molecular formula is C20H24O. The molecule has 2 aromatic rings. The summed E-state index contributed by atoms with van der Waals surface area (Å²) in [6.45, 7) is 4.46. The molecule has 21 heavy (non-hydrogen) atoms. The maximum Gasteiger partial charge on any atom is 0.104 e. The minimum Gasteiger partial charge on any atom is -0.384 e. The molecule has 0 bridgehead atoms. The van der Waals surface area contributed by atoms with Crippen LogP contribution in [0.5, 0.6) is 0 Å². The van der Waals surface area contributed by atoms with Crippen LogP contribution in [0.4, 0.5) is 0 Å². The number of aryl methyl sites for hydroxylation is 2. The first-order valence-electron chi connectivity index (χ1n) is 8.02. The van der Waals surface area contributed by atoms with Gasteiger partial charge in [-0.25, -0.2) is 0 Å². The van der Waals surface area contributed by atoms with Crippen LogP contribution in [0.25, 0.3) is 0 Å². The molecule has 1 heteroatoms. The van der Waals surface area contributed by atoms with Gasteiger partial charge in [-0.2, -0.15) is 0 Å². The van der Waals surface area contributed by atoms with Gasteiger partial charge in [0.2, 0.25) is 0 Å². The Labute approximate surface area is 127 Å². The zero-order valence-electron chi connectivity index (χ0n) is 13.0. The summed E-state index contributed by atoms with van der Waals surface area (Å²) in [6, 6.07) is 14.9. The summed E-state index contributed by atoms with van der Waals surface area (Å²) in [5, 5.41) is 10.6. The van der Waals surface area contributed by atoms with Crippen molar-refractivity contribution in [3.05, 3.63) is 70.3 Å². The zero-order valence-corrected chi connectivity index (χ0v) is 13.0. The normalized spacial score (nSPS) is 15.2. The summed E-state index contributed by atoms with van der Waals surface area (Å²) < 4.78 is 0. The highest BCUT2D eigenvalue weighted by molar-refractivity contribution is 5.39. The first kappa shape index (κ1) is 14.3. The highest BCUT2D eigenvalue weighted by atomic mass is 16.3. The molecule has 0 fully saturated rings. The van der Waals surface area contributed by atoms with Crippen LogP contribution in [-0.4, -0.2) is 5.11 Å². The first-order chi connectivity index (χ1) is 10.1. The molecule has 110 valence electrons. The monoisotopic (exact) mass is 280 g/mol. The van der Waals surface area contributed by atoms with E-state index in [9.17, 15) is 5.11 Å². The quantitative estimate of drug-likeness (QED) is 0.877. The Balaban J connectivity index is 1.79. The molecule has 1 aliphatic carbocycles. The fourth-order valence-corrected chi connectivity index (χ4v) is 3.26. The van der Waals surface area contributed by atoms with Gasteiger partial charge in [0.15, 0.2) is 0 Å². The fourth-order valence-electron chi connectivity index (χ4n) is 3.26. The lowest BCUT2D eigenvalue weighted by atomic mass is 9.96. The summed E-state index contributed by atoms with van der Waals surface area (Å²) in [6.07, 6.45) is 4.18. The Morgan fingerprint density at radius 2 is 1.57 bits per heavy atom. The summed E-state index contributed by atoms with van der Waals surface area (Å²) in [5.74, 6) is 0.664. The predicted octanol–water partition coefficient (Wildman–Crippen LogP) is 4.46. The Morgan fingerprint density at radius 3 is 2.29 bits per heavy atom. The van der Waals surface area contributed by atoms with Gasteiger partial charge in [-0.3, -0.25) is 0 Å². The van der Waals surface area contributed by atoms with E-state index in [1.54, 1.807) is 0 Å². The van der Waals surface area contributed by atoms with Crippen molar-refractivity contribution in [1.29, 1.82) is 0 Å². The summed E-state index contributed by atoms with van der Waals surface area (Å²) in [4.78, 5) is 0. The summed E-state index contributed by atoms with van der Waals surface area (Å²) in [7, 11) is 0. The van der Waals surface area contributed by atoms with Gasteiger partial charge < -0.3 is 5.11 Å². The maximum absolute atomic E-state index is 10.6. The van der Waals surface area contributed by atoms with Gasteiger partial charge in [-0.1, -0.05) is 56.3 Å². The molecule has 0 aliphatic heterocycles. The van der Waals surface area contributed by atoms with Crippen molar-refractivity contribution < 1.29 is 5.11 Å². The molecule has 1 nitrogen and oxygen atoms in total. The molecule has 0 radical (unpaired) electrons. The largest absolute Gasteiger partial charge is 0.384 e. The third-order valence-electron chi connectivity index (χ3n) is 4.38. The molecule has 0 amide bonds. The molecule has 0 aromatic heterocycles. The van der Waals surface area contributed by atoms with Crippen LogP contribution in [0.15, 0.2) is 42.5 Å². The predicted molar refractivity (Wildman–Crippen MR) is 87.5 cm³/mol. The summed E-state index contributed by atoms with van der Waals surface area (Å²) >= 11 is 0. The van der Waals surface area contributed by atoms with E-state index < -0.39 is 6.10 Å². The smallest absolute Gasteiger partial charge is 0.104 e.